The largest absolute Gasteiger partial charge is 0.397 e. The van der Waals surface area contributed by atoms with Crippen LogP contribution in [0.4, 0.5) is 24.5 Å². The summed E-state index contributed by atoms with van der Waals surface area (Å²) in [7, 11) is -2.35. The zero-order valence-electron chi connectivity index (χ0n) is 10.7. The van der Waals surface area contributed by atoms with Gasteiger partial charge in [0.25, 0.3) is 0 Å². The van der Waals surface area contributed by atoms with Crippen molar-refractivity contribution in [2.24, 2.45) is 0 Å². The number of nitrogens with one attached hydrogen (secondary N) is 1. The number of carbonyl (C=O) groups is 1. The van der Waals surface area contributed by atoms with Gasteiger partial charge in [0.2, 0.25) is 15.9 Å². The van der Waals surface area contributed by atoms with E-state index in [2.05, 4.69) is 5.32 Å². The average Bonchev–Trinajstić information content (AvgIpc) is 2.24. The van der Waals surface area contributed by atoms with Crippen LogP contribution < -0.4 is 9.62 Å². The third-order valence-corrected chi connectivity index (χ3v) is 3.57. The van der Waals surface area contributed by atoms with Crippen LogP contribution in [0.1, 0.15) is 6.42 Å². The third-order valence-electron chi connectivity index (χ3n) is 2.38. The predicted octanol–water partition coefficient (Wildman–Crippen LogP) is 1.97. The molecular weight excluding hydrogens is 297 g/mol. The molecule has 1 aromatic rings. The van der Waals surface area contributed by atoms with Gasteiger partial charge in [0, 0.05) is 7.05 Å². The molecule has 20 heavy (non-hydrogen) atoms. The minimum atomic E-state index is -4.62. The summed E-state index contributed by atoms with van der Waals surface area (Å²) in [5.41, 5.74) is 0.0835. The van der Waals surface area contributed by atoms with Crippen molar-refractivity contribution < 1.29 is 26.4 Å². The van der Waals surface area contributed by atoms with Gasteiger partial charge < -0.3 is 5.32 Å². The smallest absolute Gasteiger partial charge is 0.324 e. The van der Waals surface area contributed by atoms with Crippen LogP contribution in [0.15, 0.2) is 24.3 Å². The Morgan fingerprint density at radius 2 is 1.85 bits per heavy atom. The van der Waals surface area contributed by atoms with E-state index >= 15 is 0 Å². The second-order valence-corrected chi connectivity index (χ2v) is 6.10. The van der Waals surface area contributed by atoms with Crippen molar-refractivity contribution in [2.75, 3.05) is 22.9 Å². The van der Waals surface area contributed by atoms with E-state index in [1.165, 1.54) is 31.3 Å². The van der Waals surface area contributed by atoms with Gasteiger partial charge in [0.15, 0.2) is 0 Å². The number of amides is 1. The highest BCUT2D eigenvalue weighted by Gasteiger charge is 2.31. The zero-order chi connectivity index (χ0) is 15.6. The van der Waals surface area contributed by atoms with Crippen LogP contribution >= 0.6 is 0 Å². The molecule has 0 unspecified atom stereocenters. The molecular formula is C11H13F3N2O3S. The lowest BCUT2D eigenvalue weighted by Crippen LogP contribution is -2.27. The highest BCUT2D eigenvalue weighted by Crippen LogP contribution is 2.27. The minimum Gasteiger partial charge on any atom is -0.324 e. The van der Waals surface area contributed by atoms with Gasteiger partial charge in [-0.2, -0.15) is 13.2 Å². The molecule has 0 heterocycles. The number of sulfonamides is 1. The lowest BCUT2D eigenvalue weighted by Gasteiger charge is -2.20. The van der Waals surface area contributed by atoms with Crippen molar-refractivity contribution in [1.82, 2.24) is 0 Å². The van der Waals surface area contributed by atoms with E-state index in [-0.39, 0.29) is 11.4 Å². The van der Waals surface area contributed by atoms with Crippen LogP contribution in [0.2, 0.25) is 0 Å². The molecule has 1 amide bonds. The Hall–Kier alpha value is -1.77. The first-order chi connectivity index (χ1) is 9.00. The van der Waals surface area contributed by atoms with E-state index < -0.39 is 28.5 Å². The summed E-state index contributed by atoms with van der Waals surface area (Å²) in [6.45, 7) is 0. The molecule has 0 spiro atoms. The fraction of sp³-hybridized carbons (Fsp3) is 0.364. The molecule has 0 aliphatic carbocycles. The van der Waals surface area contributed by atoms with Crippen LogP contribution in [-0.4, -0.2) is 33.8 Å². The molecule has 0 aliphatic heterocycles. The number of hydrogen-bond acceptors (Lipinski definition) is 3. The van der Waals surface area contributed by atoms with Gasteiger partial charge in [-0.25, -0.2) is 8.42 Å². The summed E-state index contributed by atoms with van der Waals surface area (Å²) < 4.78 is 60.0. The highest BCUT2D eigenvalue weighted by atomic mass is 32.2. The highest BCUT2D eigenvalue weighted by molar-refractivity contribution is 7.92. The average molecular weight is 310 g/mol. The molecule has 0 atom stereocenters. The van der Waals surface area contributed by atoms with E-state index in [1.807, 2.05) is 0 Å². The summed E-state index contributed by atoms with van der Waals surface area (Å²) in [6.07, 6.45) is -5.31. The number of carbonyl (C=O) groups excluding carboxylic acids is 1. The molecule has 9 heteroatoms. The standard InChI is InChI=1S/C11H13F3N2O3S/c1-16(20(2,18)19)9-6-4-3-5-8(9)15-10(17)7-11(12,13)14/h3-6H,7H2,1-2H3,(H,15,17). The molecule has 5 nitrogen and oxygen atoms in total. The van der Waals surface area contributed by atoms with E-state index in [4.69, 9.17) is 0 Å². The van der Waals surface area contributed by atoms with Crippen LogP contribution in [0.25, 0.3) is 0 Å². The zero-order valence-corrected chi connectivity index (χ0v) is 11.5. The van der Waals surface area contributed by atoms with Gasteiger partial charge in [-0.3, -0.25) is 9.10 Å². The van der Waals surface area contributed by atoms with Crippen molar-refractivity contribution in [3.63, 3.8) is 0 Å². The van der Waals surface area contributed by atoms with Gasteiger partial charge >= 0.3 is 6.18 Å². The normalized spacial score (nSPS) is 12.1. The first kappa shape index (κ1) is 16.3. The first-order valence-electron chi connectivity index (χ1n) is 5.40. The number of para-hydroxylation sites is 2. The number of anilines is 2. The maximum Gasteiger partial charge on any atom is 0.397 e. The Labute approximate surface area is 114 Å². The van der Waals surface area contributed by atoms with Gasteiger partial charge in [-0.1, -0.05) is 12.1 Å². The minimum absolute atomic E-state index is 0.00493. The van der Waals surface area contributed by atoms with E-state index in [9.17, 15) is 26.4 Å². The molecule has 0 radical (unpaired) electrons. The quantitative estimate of drug-likeness (QED) is 0.924. The van der Waals surface area contributed by atoms with Crippen molar-refractivity contribution in [2.45, 2.75) is 12.6 Å². The van der Waals surface area contributed by atoms with Crippen LogP contribution in [-0.2, 0) is 14.8 Å². The molecule has 0 aliphatic rings. The number of benzene rings is 1. The van der Waals surface area contributed by atoms with Crippen LogP contribution in [0.5, 0.6) is 0 Å². The molecule has 1 N–H and O–H groups in total. The summed E-state index contributed by atoms with van der Waals surface area (Å²) in [4.78, 5) is 11.3. The number of halogens is 3. The van der Waals surface area contributed by atoms with Crippen LogP contribution in [0.3, 0.4) is 0 Å². The fourth-order valence-electron chi connectivity index (χ4n) is 1.41. The first-order valence-corrected chi connectivity index (χ1v) is 7.25. The van der Waals surface area contributed by atoms with Crippen molar-refractivity contribution in [3.8, 4) is 0 Å². The number of rotatable bonds is 4. The molecule has 112 valence electrons. The SMILES string of the molecule is CN(c1ccccc1NC(=O)CC(F)(F)F)S(C)(=O)=O. The Morgan fingerprint density at radius 3 is 2.35 bits per heavy atom. The molecule has 1 rings (SSSR count). The maximum absolute atomic E-state index is 12.1. The Morgan fingerprint density at radius 1 is 1.30 bits per heavy atom. The molecule has 0 saturated carbocycles. The van der Waals surface area contributed by atoms with E-state index in [1.54, 1.807) is 0 Å². The topological polar surface area (TPSA) is 66.5 Å². The van der Waals surface area contributed by atoms with E-state index in [0.717, 1.165) is 10.6 Å². The van der Waals surface area contributed by atoms with Crippen molar-refractivity contribution in [1.29, 1.82) is 0 Å². The van der Waals surface area contributed by atoms with Crippen LogP contribution in [0, 0.1) is 0 Å². The summed E-state index contributed by atoms with van der Waals surface area (Å²) in [5.74, 6) is -1.26. The predicted molar refractivity (Wildman–Crippen MR) is 69.0 cm³/mol. The lowest BCUT2D eigenvalue weighted by atomic mass is 10.2. The van der Waals surface area contributed by atoms with Crippen molar-refractivity contribution >= 4 is 27.3 Å². The summed E-state index contributed by atoms with van der Waals surface area (Å²) in [6, 6.07) is 5.69. The molecule has 0 aromatic heterocycles. The number of alkyl halides is 3. The third kappa shape index (κ3) is 4.72. The summed E-state index contributed by atoms with van der Waals surface area (Å²) >= 11 is 0. The molecule has 0 fully saturated rings. The Kier molecular flexibility index (Phi) is 4.64. The van der Waals surface area contributed by atoms with Gasteiger partial charge in [-0.15, -0.1) is 0 Å². The number of hydrogen-bond donors (Lipinski definition) is 1. The number of nitrogens with zero attached hydrogens (tertiary/aromatic N) is 1. The fourth-order valence-corrected chi connectivity index (χ4v) is 1.93. The molecule has 1 aromatic carbocycles. The van der Waals surface area contributed by atoms with E-state index in [0.29, 0.717) is 0 Å². The monoisotopic (exact) mass is 310 g/mol. The Bertz CT molecular complexity index is 599. The molecule has 0 saturated heterocycles. The molecule has 0 bridgehead atoms. The van der Waals surface area contributed by atoms with Crippen molar-refractivity contribution in [3.05, 3.63) is 24.3 Å². The lowest BCUT2D eigenvalue weighted by molar-refractivity contribution is -0.150. The maximum atomic E-state index is 12.1. The van der Waals surface area contributed by atoms with Gasteiger partial charge in [-0.05, 0) is 12.1 Å². The van der Waals surface area contributed by atoms with Gasteiger partial charge in [0.05, 0.1) is 17.6 Å². The second-order valence-electron chi connectivity index (χ2n) is 4.09. The second kappa shape index (κ2) is 5.70. The Balaban J connectivity index is 3.00. The summed E-state index contributed by atoms with van der Waals surface area (Å²) in [5, 5.41) is 2.06. The van der Waals surface area contributed by atoms with Gasteiger partial charge in [0.1, 0.15) is 6.42 Å².